The zero-order valence-electron chi connectivity index (χ0n) is 15.6. The molecular formula is C19H36O4. The van der Waals surface area contributed by atoms with Crippen molar-refractivity contribution in [1.29, 1.82) is 0 Å². The summed E-state index contributed by atoms with van der Waals surface area (Å²) in [6.45, 7) is 7.99. The summed E-state index contributed by atoms with van der Waals surface area (Å²) in [5.74, 6) is -0.991. The minimum absolute atomic E-state index is 0.341. The number of unbranched alkanes of at least 4 members (excludes halogenated alkanes) is 8. The molecule has 23 heavy (non-hydrogen) atoms. The molecule has 0 heterocycles. The van der Waals surface area contributed by atoms with Gasteiger partial charge in [-0.2, -0.15) is 0 Å². The number of hydrogen-bond donors (Lipinski definition) is 0. The van der Waals surface area contributed by atoms with Crippen molar-refractivity contribution in [3.8, 4) is 0 Å². The van der Waals surface area contributed by atoms with E-state index in [1.165, 1.54) is 44.9 Å². The van der Waals surface area contributed by atoms with Crippen LogP contribution in [0.3, 0.4) is 0 Å². The van der Waals surface area contributed by atoms with Crippen LogP contribution in [-0.2, 0) is 19.1 Å². The van der Waals surface area contributed by atoms with E-state index in [0.29, 0.717) is 13.2 Å². The van der Waals surface area contributed by atoms with Crippen LogP contribution in [0.4, 0.5) is 0 Å². The second kappa shape index (κ2) is 13.4. The van der Waals surface area contributed by atoms with Gasteiger partial charge in [0.05, 0.1) is 13.2 Å². The van der Waals surface area contributed by atoms with Gasteiger partial charge in [0.1, 0.15) is 0 Å². The first-order valence-electron chi connectivity index (χ1n) is 9.31. The third-order valence-electron chi connectivity index (χ3n) is 3.94. The van der Waals surface area contributed by atoms with Gasteiger partial charge in [-0.3, -0.25) is 9.59 Å². The Morgan fingerprint density at radius 3 is 1.57 bits per heavy atom. The smallest absolute Gasteiger partial charge is 0.322 e. The average molecular weight is 328 g/mol. The Balaban J connectivity index is 3.67. The van der Waals surface area contributed by atoms with Gasteiger partial charge in [-0.05, 0) is 26.7 Å². The van der Waals surface area contributed by atoms with Crippen LogP contribution in [0.5, 0.6) is 0 Å². The predicted octanol–water partition coefficient (Wildman–Crippen LogP) is 5.04. The van der Waals surface area contributed by atoms with Crippen molar-refractivity contribution < 1.29 is 19.1 Å². The first-order valence-corrected chi connectivity index (χ1v) is 9.31. The molecule has 0 bridgehead atoms. The van der Waals surface area contributed by atoms with Gasteiger partial charge in [-0.25, -0.2) is 0 Å². The summed E-state index contributed by atoms with van der Waals surface area (Å²) in [4.78, 5) is 23.8. The number of rotatable bonds is 14. The van der Waals surface area contributed by atoms with E-state index >= 15 is 0 Å². The molecular weight excluding hydrogens is 292 g/mol. The quantitative estimate of drug-likeness (QED) is 0.255. The van der Waals surface area contributed by atoms with Gasteiger partial charge in [0.25, 0.3) is 0 Å². The van der Waals surface area contributed by atoms with E-state index in [0.717, 1.165) is 19.3 Å². The molecule has 0 saturated carbocycles. The highest BCUT2D eigenvalue weighted by molar-refractivity contribution is 5.99. The highest BCUT2D eigenvalue weighted by Gasteiger charge is 2.39. The molecule has 0 saturated heterocycles. The van der Waals surface area contributed by atoms with Crippen molar-refractivity contribution in [1.82, 2.24) is 0 Å². The third-order valence-corrected chi connectivity index (χ3v) is 3.94. The highest BCUT2D eigenvalue weighted by atomic mass is 16.6. The maximum absolute atomic E-state index is 12.0. The fraction of sp³-hybridized carbons (Fsp3) is 0.895. The van der Waals surface area contributed by atoms with Crippen molar-refractivity contribution in [2.75, 3.05) is 13.2 Å². The van der Waals surface area contributed by atoms with E-state index in [4.69, 9.17) is 9.47 Å². The molecule has 0 aliphatic carbocycles. The van der Waals surface area contributed by atoms with Crippen molar-refractivity contribution in [3.05, 3.63) is 0 Å². The lowest BCUT2D eigenvalue weighted by Gasteiger charge is -2.20. The Hall–Kier alpha value is -1.06. The Morgan fingerprint density at radius 2 is 1.09 bits per heavy atom. The molecule has 0 atom stereocenters. The molecule has 4 heteroatoms. The molecule has 0 unspecified atom stereocenters. The van der Waals surface area contributed by atoms with Crippen molar-refractivity contribution >= 4 is 11.9 Å². The van der Waals surface area contributed by atoms with E-state index in [1.807, 2.05) is 6.92 Å². The number of carbonyl (C=O) groups excluding carboxylic acids is 2. The van der Waals surface area contributed by atoms with Gasteiger partial charge in [-0.15, -0.1) is 0 Å². The number of carbonyl (C=O) groups is 2. The van der Waals surface area contributed by atoms with Gasteiger partial charge in [-0.1, -0.05) is 65.2 Å². The molecule has 136 valence electrons. The fourth-order valence-corrected chi connectivity index (χ4v) is 2.22. The normalized spacial score (nSPS) is 11.3. The largest absolute Gasteiger partial charge is 0.465 e. The van der Waals surface area contributed by atoms with Gasteiger partial charge in [0, 0.05) is 0 Å². The first kappa shape index (κ1) is 21.9. The lowest BCUT2D eigenvalue weighted by molar-refractivity contribution is -0.169. The van der Waals surface area contributed by atoms with E-state index < -0.39 is 17.4 Å². The highest BCUT2D eigenvalue weighted by Crippen LogP contribution is 2.20. The van der Waals surface area contributed by atoms with E-state index in [-0.39, 0.29) is 0 Å². The minimum atomic E-state index is -1.21. The molecule has 0 aromatic rings. The number of ether oxygens (including phenoxy) is 2. The second-order valence-corrected chi connectivity index (χ2v) is 6.73. The average Bonchev–Trinajstić information content (AvgIpc) is 2.53. The van der Waals surface area contributed by atoms with Crippen LogP contribution in [0.1, 0.15) is 91.9 Å². The molecule has 0 rings (SSSR count). The monoisotopic (exact) mass is 328 g/mol. The second-order valence-electron chi connectivity index (χ2n) is 6.73. The Kier molecular flexibility index (Phi) is 12.8. The third kappa shape index (κ3) is 10.4. The van der Waals surface area contributed by atoms with Gasteiger partial charge >= 0.3 is 11.9 Å². The van der Waals surface area contributed by atoms with Crippen molar-refractivity contribution in [2.24, 2.45) is 5.41 Å². The van der Waals surface area contributed by atoms with Gasteiger partial charge < -0.3 is 9.47 Å². The summed E-state index contributed by atoms with van der Waals surface area (Å²) >= 11 is 0. The molecule has 0 radical (unpaired) electrons. The van der Waals surface area contributed by atoms with Crippen LogP contribution >= 0.6 is 0 Å². The zero-order valence-corrected chi connectivity index (χ0v) is 15.6. The Morgan fingerprint density at radius 1 is 0.652 bits per heavy atom. The standard InChI is InChI=1S/C19H36O4/c1-5-7-8-9-10-11-12-13-14-16-23-18(21)19(3,4)17(20)22-15-6-2/h5-16H2,1-4H3. The van der Waals surface area contributed by atoms with Crippen LogP contribution in [-0.4, -0.2) is 25.2 Å². The molecule has 0 aromatic carbocycles. The maximum Gasteiger partial charge on any atom is 0.322 e. The molecule has 0 aliphatic rings. The molecule has 0 spiro atoms. The molecule has 4 nitrogen and oxygen atoms in total. The van der Waals surface area contributed by atoms with Crippen LogP contribution in [0.2, 0.25) is 0 Å². The molecule has 0 amide bonds. The fourth-order valence-electron chi connectivity index (χ4n) is 2.22. The Bertz CT molecular complexity index is 323. The lowest BCUT2D eigenvalue weighted by Crippen LogP contribution is -2.36. The van der Waals surface area contributed by atoms with Gasteiger partial charge in [0.2, 0.25) is 0 Å². The van der Waals surface area contributed by atoms with Crippen LogP contribution in [0.15, 0.2) is 0 Å². The molecule has 0 aromatic heterocycles. The molecule has 0 aliphatic heterocycles. The van der Waals surface area contributed by atoms with Gasteiger partial charge in [0.15, 0.2) is 5.41 Å². The summed E-state index contributed by atoms with van der Waals surface area (Å²) in [6, 6.07) is 0. The van der Waals surface area contributed by atoms with Crippen LogP contribution < -0.4 is 0 Å². The van der Waals surface area contributed by atoms with Crippen LogP contribution in [0.25, 0.3) is 0 Å². The number of hydrogen-bond acceptors (Lipinski definition) is 4. The predicted molar refractivity (Wildman–Crippen MR) is 93.2 cm³/mol. The topological polar surface area (TPSA) is 52.6 Å². The first-order chi connectivity index (χ1) is 11.0. The van der Waals surface area contributed by atoms with Crippen molar-refractivity contribution in [3.63, 3.8) is 0 Å². The van der Waals surface area contributed by atoms with Crippen LogP contribution in [0, 0.1) is 5.41 Å². The molecule has 0 N–H and O–H groups in total. The summed E-state index contributed by atoms with van der Waals surface area (Å²) in [6.07, 6.45) is 11.7. The number of esters is 2. The van der Waals surface area contributed by atoms with E-state index in [1.54, 1.807) is 13.8 Å². The summed E-state index contributed by atoms with van der Waals surface area (Å²) in [7, 11) is 0. The summed E-state index contributed by atoms with van der Waals surface area (Å²) in [5, 5.41) is 0. The van der Waals surface area contributed by atoms with E-state index in [9.17, 15) is 9.59 Å². The SMILES string of the molecule is CCCCCCCCCCCOC(=O)C(C)(C)C(=O)OCCC. The summed E-state index contributed by atoms with van der Waals surface area (Å²) in [5.41, 5.74) is -1.21. The van der Waals surface area contributed by atoms with E-state index in [2.05, 4.69) is 6.92 Å². The van der Waals surface area contributed by atoms with Crippen molar-refractivity contribution in [2.45, 2.75) is 91.9 Å². The zero-order chi connectivity index (χ0) is 17.6. The Labute approximate surface area is 142 Å². The molecule has 0 fully saturated rings. The minimum Gasteiger partial charge on any atom is -0.465 e. The summed E-state index contributed by atoms with van der Waals surface area (Å²) < 4.78 is 10.3. The lowest BCUT2D eigenvalue weighted by atomic mass is 9.94. The maximum atomic E-state index is 12.0.